The van der Waals surface area contributed by atoms with E-state index in [4.69, 9.17) is 0 Å². The second-order valence-corrected chi connectivity index (χ2v) is 8.29. The molecule has 0 aromatic carbocycles. The topological polar surface area (TPSA) is 17.1 Å². The van der Waals surface area contributed by atoms with E-state index >= 15 is 0 Å². The van der Waals surface area contributed by atoms with E-state index in [0.29, 0.717) is 16.6 Å². The van der Waals surface area contributed by atoms with Gasteiger partial charge in [0.15, 0.2) is 5.78 Å². The van der Waals surface area contributed by atoms with Gasteiger partial charge in [0.1, 0.15) is 0 Å². The monoisotopic (exact) mass is 498 g/mol. The molecule has 3 saturated carbocycles. The summed E-state index contributed by atoms with van der Waals surface area (Å²) in [6.07, 6.45) is 14.6. The van der Waals surface area contributed by atoms with Crippen LogP contribution in [0.5, 0.6) is 0 Å². The van der Waals surface area contributed by atoms with E-state index in [1.54, 1.807) is 0 Å². The van der Waals surface area contributed by atoms with Crippen LogP contribution in [0.25, 0.3) is 0 Å². The van der Waals surface area contributed by atoms with Gasteiger partial charge in [-0.2, -0.15) is 11.8 Å². The summed E-state index contributed by atoms with van der Waals surface area (Å²) < 4.78 is 0. The molecule has 0 aromatic heterocycles. The van der Waals surface area contributed by atoms with Crippen LogP contribution in [0.15, 0.2) is 11.6 Å². The zero-order chi connectivity index (χ0) is 14.0. The molecule has 1 radical (unpaired) electrons. The van der Waals surface area contributed by atoms with Crippen LogP contribution in [0.4, 0.5) is 0 Å². The van der Waals surface area contributed by atoms with Crippen LogP contribution in [0, 0.1) is 79.1 Å². The van der Waals surface area contributed by atoms with E-state index in [1.165, 1.54) is 44.1 Å². The third kappa shape index (κ3) is 2.46. The van der Waals surface area contributed by atoms with Crippen LogP contribution in [0.1, 0.15) is 65.2 Å². The number of hydrogen-bond donors (Lipinski definition) is 0. The number of carbonyl (C=O) groups is 1. The number of carbonyl (C=O) groups excluding carboxylic acids is 1. The fourth-order valence-corrected chi connectivity index (χ4v) is 6.30. The Morgan fingerprint density at radius 2 is 1.90 bits per heavy atom. The van der Waals surface area contributed by atoms with Crippen molar-refractivity contribution in [3.05, 3.63) is 18.1 Å². The molecule has 0 aromatic rings. The quantitative estimate of drug-likeness (QED) is 0.442. The van der Waals surface area contributed by atoms with Crippen molar-refractivity contribution < 1.29 is 48.9 Å². The molecule has 0 spiro atoms. The first-order valence-electron chi connectivity index (χ1n) is 8.61. The third-order valence-electron chi connectivity index (χ3n) is 7.49. The summed E-state index contributed by atoms with van der Waals surface area (Å²) in [6.45, 7) is 4.99. The average Bonchev–Trinajstić information content (AvgIpc) is 2.81. The van der Waals surface area contributed by atoms with Gasteiger partial charge in [-0.25, -0.2) is 0 Å². The van der Waals surface area contributed by atoms with Crippen molar-refractivity contribution in [3.63, 3.8) is 0 Å². The van der Waals surface area contributed by atoms with Crippen LogP contribution < -0.4 is 0 Å². The Morgan fingerprint density at radius 3 is 2.71 bits per heavy atom. The fraction of sp³-hybridized carbons (Fsp3) is 0.789. The SMILES string of the molecule is C[C@@]12[CH-]CC[C@H]1[C@@H]1CCC3=CC(=O)CC[C@]3(C)[C@H]1CC2.[Ac]. The molecular formula is C19H27AcO-. The first kappa shape index (κ1) is 16.7. The molecular weight excluding hydrogens is 471 g/mol. The molecule has 0 amide bonds. The van der Waals surface area contributed by atoms with Gasteiger partial charge < -0.3 is 6.42 Å². The molecule has 3 fully saturated rings. The molecule has 1 nitrogen and oxygen atoms in total. The van der Waals surface area contributed by atoms with Crippen LogP contribution in [-0.2, 0) is 4.79 Å². The van der Waals surface area contributed by atoms with Gasteiger partial charge in [-0.1, -0.05) is 44.6 Å². The molecule has 0 aliphatic heterocycles. The van der Waals surface area contributed by atoms with Gasteiger partial charge in [0.25, 0.3) is 0 Å². The Kier molecular flexibility index (Phi) is 4.56. The van der Waals surface area contributed by atoms with Gasteiger partial charge >= 0.3 is 0 Å². The molecule has 4 aliphatic carbocycles. The molecule has 4 rings (SSSR count). The Labute approximate surface area is 165 Å². The summed E-state index contributed by atoms with van der Waals surface area (Å²) in [5, 5.41) is 0. The minimum absolute atomic E-state index is 0. The average molecular weight is 498 g/mol. The summed E-state index contributed by atoms with van der Waals surface area (Å²) >= 11 is 0. The molecule has 21 heavy (non-hydrogen) atoms. The van der Waals surface area contributed by atoms with Gasteiger partial charge in [-0.15, -0.1) is 0 Å². The number of fused-ring (bicyclic) bond motifs is 5. The van der Waals surface area contributed by atoms with Gasteiger partial charge in [-0.3, -0.25) is 4.79 Å². The Bertz CT molecular complexity index is 482. The van der Waals surface area contributed by atoms with Crippen LogP contribution >= 0.6 is 0 Å². The second kappa shape index (κ2) is 5.74. The van der Waals surface area contributed by atoms with Gasteiger partial charge in [-0.05, 0) is 42.6 Å². The summed E-state index contributed by atoms with van der Waals surface area (Å²) in [5.41, 5.74) is 2.38. The summed E-state index contributed by atoms with van der Waals surface area (Å²) in [7, 11) is 0. The molecule has 5 atom stereocenters. The molecule has 113 valence electrons. The fourth-order valence-electron chi connectivity index (χ4n) is 6.30. The molecule has 0 N–H and O–H groups in total. The van der Waals surface area contributed by atoms with E-state index in [-0.39, 0.29) is 44.1 Å². The Balaban J connectivity index is 0.00000132. The van der Waals surface area contributed by atoms with Crippen LogP contribution in [0.3, 0.4) is 0 Å². The van der Waals surface area contributed by atoms with Crippen molar-refractivity contribution in [2.45, 2.75) is 65.2 Å². The van der Waals surface area contributed by atoms with Gasteiger partial charge in [0, 0.05) is 50.5 Å². The van der Waals surface area contributed by atoms with Crippen molar-refractivity contribution in [2.24, 2.45) is 28.6 Å². The number of allylic oxidation sites excluding steroid dienone is 1. The largest absolute Gasteiger partial charge is 0.322 e. The maximum absolute atomic E-state index is 11.8. The maximum atomic E-state index is 11.8. The van der Waals surface area contributed by atoms with E-state index in [9.17, 15) is 4.79 Å². The minimum Gasteiger partial charge on any atom is -0.322 e. The standard InChI is InChI=1S/C19H27O.Ac/c1-18-9-3-4-16(18)15-6-5-13-12-14(20)7-11-19(13,2)17(15)8-10-18;/h9,12,15-17H,3-8,10-11H2,1-2H3;/q-1;/t15-,16-,17-,18-,19-;/m0./s1. The first-order valence-corrected chi connectivity index (χ1v) is 8.61. The van der Waals surface area contributed by atoms with Crippen molar-refractivity contribution >= 4 is 5.78 Å². The Morgan fingerprint density at radius 1 is 1.10 bits per heavy atom. The predicted molar refractivity (Wildman–Crippen MR) is 81.0 cm³/mol. The summed E-state index contributed by atoms with van der Waals surface area (Å²) in [4.78, 5) is 11.8. The predicted octanol–water partition coefficient (Wildman–Crippen LogP) is 4.72. The smallest absolute Gasteiger partial charge is 0.155 e. The van der Waals surface area contributed by atoms with E-state index < -0.39 is 0 Å². The van der Waals surface area contributed by atoms with Crippen molar-refractivity contribution in [2.75, 3.05) is 0 Å². The number of ketones is 1. The van der Waals surface area contributed by atoms with E-state index in [1.807, 2.05) is 6.08 Å². The number of hydrogen-bond acceptors (Lipinski definition) is 1. The van der Waals surface area contributed by atoms with E-state index in [0.717, 1.165) is 30.6 Å². The van der Waals surface area contributed by atoms with Crippen LogP contribution in [0.2, 0.25) is 0 Å². The third-order valence-corrected chi connectivity index (χ3v) is 7.49. The summed E-state index contributed by atoms with van der Waals surface area (Å²) in [5.74, 6) is 3.08. The van der Waals surface area contributed by atoms with Crippen molar-refractivity contribution in [3.8, 4) is 0 Å². The van der Waals surface area contributed by atoms with Gasteiger partial charge in [0.2, 0.25) is 0 Å². The first-order chi connectivity index (χ1) is 9.53. The molecule has 4 aliphatic rings. The Hall–Kier alpha value is 0.852. The van der Waals surface area contributed by atoms with Crippen molar-refractivity contribution in [1.29, 1.82) is 0 Å². The summed E-state index contributed by atoms with van der Waals surface area (Å²) in [6, 6.07) is 0. The number of rotatable bonds is 0. The second-order valence-electron chi connectivity index (χ2n) is 8.29. The van der Waals surface area contributed by atoms with Crippen LogP contribution in [-0.4, -0.2) is 5.78 Å². The van der Waals surface area contributed by atoms with Crippen molar-refractivity contribution in [1.82, 2.24) is 0 Å². The molecule has 2 heteroatoms. The van der Waals surface area contributed by atoms with Gasteiger partial charge in [0.05, 0.1) is 0 Å². The molecule has 0 saturated heterocycles. The van der Waals surface area contributed by atoms with E-state index in [2.05, 4.69) is 20.3 Å². The zero-order valence-corrected chi connectivity index (χ0v) is 18.3. The minimum atomic E-state index is 0. The molecule has 0 bridgehead atoms. The maximum Gasteiger partial charge on any atom is 0.155 e. The molecule has 0 unspecified atom stereocenters. The normalized spacial score (nSPS) is 48.6. The molecule has 0 heterocycles. The zero-order valence-electron chi connectivity index (χ0n) is 13.5.